The Balaban J connectivity index is 1.99. The van der Waals surface area contributed by atoms with Gasteiger partial charge >= 0.3 is 0 Å². The molecule has 2 aromatic rings. The van der Waals surface area contributed by atoms with Crippen LogP contribution < -0.4 is 0 Å². The number of benzene rings is 2. The Labute approximate surface area is 143 Å². The van der Waals surface area contributed by atoms with Crippen LogP contribution in [0.25, 0.3) is 0 Å². The highest BCUT2D eigenvalue weighted by Crippen LogP contribution is 2.41. The first-order valence-corrected chi connectivity index (χ1v) is 8.75. The van der Waals surface area contributed by atoms with Gasteiger partial charge in [-0.15, -0.1) is 0 Å². The van der Waals surface area contributed by atoms with Crippen LogP contribution in [-0.4, -0.2) is 15.3 Å². The van der Waals surface area contributed by atoms with Gasteiger partial charge in [0.15, 0.2) is 11.5 Å². The first-order chi connectivity index (χ1) is 11.4. The van der Waals surface area contributed by atoms with E-state index in [4.69, 9.17) is 0 Å². The van der Waals surface area contributed by atoms with Gasteiger partial charge in [-0.2, -0.15) is 0 Å². The average molecular weight is 326 g/mol. The Hall–Kier alpha value is -2.16. The SMILES string of the molecule is CC(C)(c1ccc(O)c(O)c1)c1ccc(O)c(C2CCCCC2)c1. The van der Waals surface area contributed by atoms with Crippen LogP contribution >= 0.6 is 0 Å². The highest BCUT2D eigenvalue weighted by molar-refractivity contribution is 5.49. The van der Waals surface area contributed by atoms with Crippen LogP contribution in [0.2, 0.25) is 0 Å². The van der Waals surface area contributed by atoms with Crippen molar-refractivity contribution in [2.24, 2.45) is 0 Å². The maximum absolute atomic E-state index is 10.3. The molecule has 1 fully saturated rings. The van der Waals surface area contributed by atoms with Gasteiger partial charge in [0.2, 0.25) is 0 Å². The largest absolute Gasteiger partial charge is 0.508 e. The fraction of sp³-hybridized carbons (Fsp3) is 0.429. The van der Waals surface area contributed by atoms with Crippen LogP contribution in [-0.2, 0) is 5.41 Å². The van der Waals surface area contributed by atoms with E-state index in [1.807, 2.05) is 12.1 Å². The van der Waals surface area contributed by atoms with Gasteiger partial charge in [-0.05, 0) is 53.6 Å². The number of phenols is 3. The fourth-order valence-electron chi connectivity index (χ4n) is 3.76. The van der Waals surface area contributed by atoms with Crippen LogP contribution in [0.5, 0.6) is 17.2 Å². The summed E-state index contributed by atoms with van der Waals surface area (Å²) in [6, 6.07) is 10.8. The Morgan fingerprint density at radius 1 is 0.750 bits per heavy atom. The zero-order chi connectivity index (χ0) is 17.3. The van der Waals surface area contributed by atoms with Gasteiger partial charge in [0.25, 0.3) is 0 Å². The molecular weight excluding hydrogens is 300 g/mol. The van der Waals surface area contributed by atoms with Crippen molar-refractivity contribution in [3.8, 4) is 17.2 Å². The van der Waals surface area contributed by atoms with Crippen LogP contribution in [0.15, 0.2) is 36.4 Å². The van der Waals surface area contributed by atoms with Crippen molar-refractivity contribution in [2.45, 2.75) is 57.3 Å². The molecule has 1 saturated carbocycles. The maximum Gasteiger partial charge on any atom is 0.157 e. The number of phenolic OH excluding ortho intramolecular Hbond substituents is 3. The molecule has 1 aliphatic carbocycles. The van der Waals surface area contributed by atoms with E-state index in [1.165, 1.54) is 25.3 Å². The van der Waals surface area contributed by atoms with Gasteiger partial charge < -0.3 is 15.3 Å². The van der Waals surface area contributed by atoms with Gasteiger partial charge in [-0.1, -0.05) is 51.3 Å². The Kier molecular flexibility index (Phi) is 4.44. The van der Waals surface area contributed by atoms with E-state index in [0.717, 1.165) is 29.5 Å². The molecule has 0 heterocycles. The number of hydrogen-bond acceptors (Lipinski definition) is 3. The van der Waals surface area contributed by atoms with Crippen molar-refractivity contribution < 1.29 is 15.3 Å². The Bertz CT molecular complexity index is 728. The van der Waals surface area contributed by atoms with Crippen molar-refractivity contribution in [1.82, 2.24) is 0 Å². The first-order valence-electron chi connectivity index (χ1n) is 8.75. The number of rotatable bonds is 3. The minimum absolute atomic E-state index is 0.105. The molecule has 3 nitrogen and oxygen atoms in total. The topological polar surface area (TPSA) is 60.7 Å². The van der Waals surface area contributed by atoms with E-state index >= 15 is 0 Å². The second kappa shape index (κ2) is 6.39. The third kappa shape index (κ3) is 3.08. The molecule has 24 heavy (non-hydrogen) atoms. The standard InChI is InChI=1S/C21H26O3/c1-21(2,16-9-11-19(23)20(24)13-16)15-8-10-18(22)17(12-15)14-6-4-3-5-7-14/h8-14,22-24H,3-7H2,1-2H3. The normalized spacial score (nSPS) is 16.2. The summed E-state index contributed by atoms with van der Waals surface area (Å²) in [6.45, 7) is 4.19. The van der Waals surface area contributed by atoms with Crippen molar-refractivity contribution in [3.05, 3.63) is 53.1 Å². The molecule has 2 aromatic carbocycles. The summed E-state index contributed by atoms with van der Waals surface area (Å²) in [4.78, 5) is 0. The molecule has 128 valence electrons. The van der Waals surface area contributed by atoms with Gasteiger partial charge in [-0.25, -0.2) is 0 Å². The predicted molar refractivity (Wildman–Crippen MR) is 95.8 cm³/mol. The van der Waals surface area contributed by atoms with E-state index in [9.17, 15) is 15.3 Å². The van der Waals surface area contributed by atoms with Crippen molar-refractivity contribution in [2.75, 3.05) is 0 Å². The zero-order valence-corrected chi connectivity index (χ0v) is 14.4. The van der Waals surface area contributed by atoms with E-state index in [-0.39, 0.29) is 16.9 Å². The van der Waals surface area contributed by atoms with E-state index in [0.29, 0.717) is 11.7 Å². The molecule has 0 aliphatic heterocycles. The van der Waals surface area contributed by atoms with Crippen LogP contribution in [0.4, 0.5) is 0 Å². The quantitative estimate of drug-likeness (QED) is 0.681. The predicted octanol–water partition coefficient (Wildman–Crippen LogP) is 5.18. The Morgan fingerprint density at radius 2 is 1.33 bits per heavy atom. The molecule has 3 heteroatoms. The molecule has 0 bridgehead atoms. The second-order valence-electron chi connectivity index (χ2n) is 7.44. The van der Waals surface area contributed by atoms with Crippen molar-refractivity contribution >= 4 is 0 Å². The lowest BCUT2D eigenvalue weighted by atomic mass is 9.75. The minimum Gasteiger partial charge on any atom is -0.508 e. The van der Waals surface area contributed by atoms with Crippen molar-refractivity contribution in [3.63, 3.8) is 0 Å². The summed E-state index contributed by atoms with van der Waals surface area (Å²) in [7, 11) is 0. The number of hydrogen-bond donors (Lipinski definition) is 3. The third-order valence-corrected chi connectivity index (χ3v) is 5.49. The molecule has 0 saturated heterocycles. The van der Waals surface area contributed by atoms with Gasteiger partial charge in [0.05, 0.1) is 0 Å². The van der Waals surface area contributed by atoms with Crippen LogP contribution in [0.3, 0.4) is 0 Å². The highest BCUT2D eigenvalue weighted by Gasteiger charge is 2.27. The minimum atomic E-state index is -0.331. The smallest absolute Gasteiger partial charge is 0.157 e. The van der Waals surface area contributed by atoms with Crippen molar-refractivity contribution in [1.29, 1.82) is 0 Å². The lowest BCUT2D eigenvalue weighted by Gasteiger charge is -2.29. The first kappa shape index (κ1) is 16.7. The molecule has 0 amide bonds. The van der Waals surface area contributed by atoms with Crippen LogP contribution in [0.1, 0.15) is 68.6 Å². The summed E-state index contributed by atoms with van der Waals surface area (Å²) < 4.78 is 0. The maximum atomic E-state index is 10.3. The average Bonchev–Trinajstić information content (AvgIpc) is 2.58. The molecule has 0 radical (unpaired) electrons. The molecule has 3 rings (SSSR count). The lowest BCUT2D eigenvalue weighted by Crippen LogP contribution is -2.19. The monoisotopic (exact) mass is 326 g/mol. The summed E-state index contributed by atoms with van der Waals surface area (Å²) in [5.41, 5.74) is 2.75. The molecule has 0 unspecified atom stereocenters. The fourth-order valence-corrected chi connectivity index (χ4v) is 3.76. The lowest BCUT2D eigenvalue weighted by molar-refractivity contribution is 0.402. The van der Waals surface area contributed by atoms with E-state index < -0.39 is 0 Å². The third-order valence-electron chi connectivity index (χ3n) is 5.49. The van der Waals surface area contributed by atoms with Gasteiger partial charge in [0.1, 0.15) is 5.75 Å². The summed E-state index contributed by atoms with van der Waals surface area (Å²) in [5.74, 6) is 0.604. The molecular formula is C21H26O3. The Morgan fingerprint density at radius 3 is 1.96 bits per heavy atom. The summed E-state index contributed by atoms with van der Waals surface area (Å²) in [5, 5.41) is 29.7. The molecule has 1 aliphatic rings. The van der Waals surface area contributed by atoms with Gasteiger partial charge in [0, 0.05) is 5.41 Å². The van der Waals surface area contributed by atoms with E-state index in [1.54, 1.807) is 12.1 Å². The molecule has 3 N–H and O–H groups in total. The molecule has 0 spiro atoms. The second-order valence-corrected chi connectivity index (χ2v) is 7.44. The molecule has 0 atom stereocenters. The number of aromatic hydroxyl groups is 3. The van der Waals surface area contributed by atoms with E-state index in [2.05, 4.69) is 19.9 Å². The summed E-state index contributed by atoms with van der Waals surface area (Å²) >= 11 is 0. The van der Waals surface area contributed by atoms with Crippen LogP contribution in [0, 0.1) is 0 Å². The summed E-state index contributed by atoms with van der Waals surface area (Å²) in [6.07, 6.45) is 6.01. The highest BCUT2D eigenvalue weighted by atomic mass is 16.3. The zero-order valence-electron chi connectivity index (χ0n) is 14.4. The molecule has 0 aromatic heterocycles. The van der Waals surface area contributed by atoms with Gasteiger partial charge in [-0.3, -0.25) is 0 Å².